The molecule has 0 aromatic heterocycles. The van der Waals surface area contributed by atoms with Gasteiger partial charge < -0.3 is 20.8 Å². The molecule has 2 aliphatic rings. The van der Waals surface area contributed by atoms with Crippen molar-refractivity contribution in [1.29, 1.82) is 0 Å². The van der Waals surface area contributed by atoms with Gasteiger partial charge in [-0.2, -0.15) is 0 Å². The molecule has 0 radical (unpaired) electrons. The minimum atomic E-state index is -0.859. The summed E-state index contributed by atoms with van der Waals surface area (Å²) >= 11 is 6.84. The van der Waals surface area contributed by atoms with Gasteiger partial charge in [-0.15, -0.1) is 0 Å². The molecule has 6 heteroatoms. The van der Waals surface area contributed by atoms with E-state index >= 15 is 0 Å². The molecule has 4 N–H and O–H groups in total. The first-order chi connectivity index (χ1) is 11.5. The largest absolute Gasteiger partial charge is 0.369 e. The van der Waals surface area contributed by atoms with Crippen molar-refractivity contribution < 1.29 is 10.2 Å². The van der Waals surface area contributed by atoms with Crippen molar-refractivity contribution in [2.75, 3.05) is 0 Å². The van der Waals surface area contributed by atoms with Crippen LogP contribution in [0.25, 0.3) is 11.4 Å². The molecule has 4 rings (SSSR count). The summed E-state index contributed by atoms with van der Waals surface area (Å²) in [5.74, 6) is 0. The molecule has 2 aromatic rings. The number of aliphatic hydroxyl groups is 2. The van der Waals surface area contributed by atoms with Crippen LogP contribution < -0.4 is 10.6 Å². The summed E-state index contributed by atoms with van der Waals surface area (Å²) in [5.41, 5.74) is 4.72. The van der Waals surface area contributed by atoms with Crippen LogP contribution >= 0.6 is 31.9 Å². The molecule has 4 nitrogen and oxygen atoms in total. The van der Waals surface area contributed by atoms with Crippen LogP contribution in [-0.2, 0) is 0 Å². The third kappa shape index (κ3) is 2.59. The fraction of sp³-hybridized carbons (Fsp3) is 0.111. The molecule has 24 heavy (non-hydrogen) atoms. The zero-order chi connectivity index (χ0) is 16.8. The zero-order valence-electron chi connectivity index (χ0n) is 12.4. The van der Waals surface area contributed by atoms with Gasteiger partial charge in [-0.25, -0.2) is 0 Å². The Morgan fingerprint density at radius 3 is 1.29 bits per heavy atom. The van der Waals surface area contributed by atoms with Crippen LogP contribution in [0.3, 0.4) is 0 Å². The predicted molar refractivity (Wildman–Crippen MR) is 100 cm³/mol. The van der Waals surface area contributed by atoms with Crippen LogP contribution in [0.1, 0.15) is 11.1 Å². The van der Waals surface area contributed by atoms with Crippen LogP contribution in [-0.4, -0.2) is 22.7 Å². The van der Waals surface area contributed by atoms with Gasteiger partial charge in [0.2, 0.25) is 0 Å². The van der Waals surface area contributed by atoms with Crippen molar-refractivity contribution >= 4 is 43.3 Å². The molecular formula is C18H14Br2N2O2. The first-order valence-electron chi connectivity index (χ1n) is 7.44. The van der Waals surface area contributed by atoms with E-state index in [2.05, 4.69) is 42.5 Å². The standard InChI is InChI=1S/C18H14Br2N2O2/c19-11-5-1-9(2-6-11)15-13-14(18(24)21-15)16(22-17(13)23)10-3-7-12(20)8-4-10/h1-8,17-18,21-24H. The average Bonchev–Trinajstić information content (AvgIpc) is 3.08. The molecule has 0 fully saturated rings. The Labute approximate surface area is 156 Å². The topological polar surface area (TPSA) is 64.5 Å². The van der Waals surface area contributed by atoms with E-state index in [1.54, 1.807) is 0 Å². The van der Waals surface area contributed by atoms with Crippen LogP contribution in [0, 0.1) is 0 Å². The second-order valence-electron chi connectivity index (χ2n) is 5.68. The van der Waals surface area contributed by atoms with Gasteiger partial charge in [0.25, 0.3) is 0 Å². The summed E-state index contributed by atoms with van der Waals surface area (Å²) in [6.07, 6.45) is -1.72. The van der Waals surface area contributed by atoms with Crippen molar-refractivity contribution in [1.82, 2.24) is 10.6 Å². The summed E-state index contributed by atoms with van der Waals surface area (Å²) < 4.78 is 1.96. The molecule has 0 aliphatic carbocycles. The Morgan fingerprint density at radius 2 is 0.958 bits per heavy atom. The Morgan fingerprint density at radius 1 is 0.625 bits per heavy atom. The summed E-state index contributed by atoms with van der Waals surface area (Å²) in [4.78, 5) is 0. The molecular weight excluding hydrogens is 436 g/mol. The average molecular weight is 450 g/mol. The summed E-state index contributed by atoms with van der Waals surface area (Å²) in [5, 5.41) is 27.2. The van der Waals surface area contributed by atoms with Crippen molar-refractivity contribution in [3.63, 3.8) is 0 Å². The fourth-order valence-electron chi connectivity index (χ4n) is 3.12. The van der Waals surface area contributed by atoms with Gasteiger partial charge >= 0.3 is 0 Å². The van der Waals surface area contributed by atoms with E-state index in [4.69, 9.17) is 0 Å². The van der Waals surface area contributed by atoms with E-state index in [1.807, 2.05) is 48.5 Å². The SMILES string of the molecule is OC1NC(c2ccc(Br)cc2)=C2C1=C(c1ccc(Br)cc1)NC2O. The van der Waals surface area contributed by atoms with Gasteiger partial charge in [-0.1, -0.05) is 56.1 Å². The summed E-state index contributed by atoms with van der Waals surface area (Å²) in [6.45, 7) is 0. The Hall–Kier alpha value is -1.60. The first-order valence-corrected chi connectivity index (χ1v) is 9.03. The number of benzene rings is 2. The lowest BCUT2D eigenvalue weighted by atomic mass is 10.0. The molecule has 122 valence electrons. The number of rotatable bonds is 2. The van der Waals surface area contributed by atoms with E-state index < -0.39 is 12.5 Å². The fourth-order valence-corrected chi connectivity index (χ4v) is 3.65. The van der Waals surface area contributed by atoms with Crippen LogP contribution in [0.2, 0.25) is 0 Å². The van der Waals surface area contributed by atoms with E-state index in [1.165, 1.54) is 0 Å². The molecule has 2 heterocycles. The van der Waals surface area contributed by atoms with E-state index in [9.17, 15) is 10.2 Å². The molecule has 0 amide bonds. The molecule has 2 atom stereocenters. The molecule has 2 aromatic carbocycles. The number of nitrogens with one attached hydrogen (secondary N) is 2. The minimum absolute atomic E-state index is 0.697. The lowest BCUT2D eigenvalue weighted by Gasteiger charge is -2.14. The third-order valence-electron chi connectivity index (χ3n) is 4.20. The van der Waals surface area contributed by atoms with Crippen LogP contribution in [0.15, 0.2) is 68.6 Å². The lowest BCUT2D eigenvalue weighted by molar-refractivity contribution is 0.194. The van der Waals surface area contributed by atoms with Crippen molar-refractivity contribution in [3.05, 3.63) is 79.7 Å². The Bertz CT molecular complexity index is 784. The number of aliphatic hydroxyl groups excluding tert-OH is 2. The van der Waals surface area contributed by atoms with Gasteiger partial charge in [0, 0.05) is 20.1 Å². The number of hydrogen-bond donors (Lipinski definition) is 4. The Kier molecular flexibility index (Phi) is 4.00. The van der Waals surface area contributed by atoms with Crippen LogP contribution in [0.5, 0.6) is 0 Å². The maximum atomic E-state index is 10.5. The quantitative estimate of drug-likeness (QED) is 0.568. The monoisotopic (exact) mass is 448 g/mol. The second kappa shape index (κ2) is 6.04. The van der Waals surface area contributed by atoms with Gasteiger partial charge in [-0.3, -0.25) is 0 Å². The van der Waals surface area contributed by atoms with Gasteiger partial charge in [0.15, 0.2) is 12.5 Å². The lowest BCUT2D eigenvalue weighted by Crippen LogP contribution is -2.26. The molecule has 0 saturated heterocycles. The molecule has 0 saturated carbocycles. The van der Waals surface area contributed by atoms with Crippen molar-refractivity contribution in [2.24, 2.45) is 0 Å². The second-order valence-corrected chi connectivity index (χ2v) is 7.52. The van der Waals surface area contributed by atoms with Gasteiger partial charge in [-0.05, 0) is 35.4 Å². The zero-order valence-corrected chi connectivity index (χ0v) is 15.6. The maximum Gasteiger partial charge on any atom is 0.153 e. The van der Waals surface area contributed by atoms with Crippen molar-refractivity contribution in [3.8, 4) is 0 Å². The molecule has 2 aliphatic heterocycles. The van der Waals surface area contributed by atoms with Gasteiger partial charge in [0.05, 0.1) is 11.4 Å². The molecule has 2 unspecified atom stereocenters. The summed E-state index contributed by atoms with van der Waals surface area (Å²) in [6, 6.07) is 15.5. The number of fused-ring (bicyclic) bond motifs is 1. The number of hydrogen-bond acceptors (Lipinski definition) is 4. The van der Waals surface area contributed by atoms with E-state index in [-0.39, 0.29) is 0 Å². The van der Waals surface area contributed by atoms with Crippen molar-refractivity contribution in [2.45, 2.75) is 12.5 Å². The normalized spacial score (nSPS) is 22.5. The van der Waals surface area contributed by atoms with Gasteiger partial charge in [0.1, 0.15) is 0 Å². The highest BCUT2D eigenvalue weighted by Crippen LogP contribution is 2.40. The van der Waals surface area contributed by atoms with E-state index in [0.29, 0.717) is 11.1 Å². The van der Waals surface area contributed by atoms with Crippen LogP contribution in [0.4, 0.5) is 0 Å². The highest BCUT2D eigenvalue weighted by Gasteiger charge is 2.40. The maximum absolute atomic E-state index is 10.5. The predicted octanol–water partition coefficient (Wildman–Crippen LogP) is 3.18. The highest BCUT2D eigenvalue weighted by atomic mass is 79.9. The highest BCUT2D eigenvalue weighted by molar-refractivity contribution is 9.10. The first kappa shape index (κ1) is 15.9. The minimum Gasteiger partial charge on any atom is -0.369 e. The Balaban J connectivity index is 1.85. The third-order valence-corrected chi connectivity index (χ3v) is 5.26. The molecule has 0 bridgehead atoms. The summed E-state index contributed by atoms with van der Waals surface area (Å²) in [7, 11) is 0. The molecule has 0 spiro atoms. The number of halogens is 2. The smallest absolute Gasteiger partial charge is 0.153 e. The van der Waals surface area contributed by atoms with E-state index in [0.717, 1.165) is 31.5 Å².